The van der Waals surface area contributed by atoms with Crippen LogP contribution in [0.5, 0.6) is 0 Å². The van der Waals surface area contributed by atoms with Crippen molar-refractivity contribution in [1.29, 1.82) is 0 Å². The fourth-order valence-corrected chi connectivity index (χ4v) is 4.62. The second-order valence-electron chi connectivity index (χ2n) is 8.75. The van der Waals surface area contributed by atoms with Gasteiger partial charge in [-0.05, 0) is 68.7 Å². The summed E-state index contributed by atoms with van der Waals surface area (Å²) in [5.74, 6) is 4.09. The zero-order valence-electron chi connectivity index (χ0n) is 19.0. The Morgan fingerprint density at radius 2 is 1.82 bits per heavy atom. The van der Waals surface area contributed by atoms with Crippen LogP contribution in [0.2, 0.25) is 10.0 Å². The number of carbonyl (C=O) groups excluding carboxylic acids is 2. The average Bonchev–Trinajstić information content (AvgIpc) is 3.42. The maximum absolute atomic E-state index is 13.5. The lowest BCUT2D eigenvalue weighted by Crippen LogP contribution is -2.49. The molecule has 2 aliphatic heterocycles. The number of halogens is 2. The first-order chi connectivity index (χ1) is 16.2. The van der Waals surface area contributed by atoms with Gasteiger partial charge in [0.15, 0.2) is 18.0 Å². The SMILES string of the molecule is CC1(C)O[C@@H](C(=O)NCC#Cc2ccc(Cl)cc2)[C@H](C(=O)N2CCCC2c2cccc(Cl)c2)O1. The first-order valence-electron chi connectivity index (χ1n) is 11.2. The highest BCUT2D eigenvalue weighted by Crippen LogP contribution is 2.36. The topological polar surface area (TPSA) is 67.9 Å². The first-order valence-corrected chi connectivity index (χ1v) is 11.9. The van der Waals surface area contributed by atoms with Crippen molar-refractivity contribution in [3.05, 3.63) is 69.7 Å². The predicted octanol–water partition coefficient (Wildman–Crippen LogP) is 4.34. The third kappa shape index (κ3) is 5.73. The van der Waals surface area contributed by atoms with Crippen LogP contribution >= 0.6 is 23.2 Å². The number of benzene rings is 2. The summed E-state index contributed by atoms with van der Waals surface area (Å²) in [7, 11) is 0. The summed E-state index contributed by atoms with van der Waals surface area (Å²) < 4.78 is 11.7. The molecule has 0 aromatic heterocycles. The third-order valence-corrected chi connectivity index (χ3v) is 6.28. The number of nitrogens with one attached hydrogen (secondary N) is 1. The lowest BCUT2D eigenvalue weighted by molar-refractivity contribution is -0.163. The number of likely N-dealkylation sites (tertiary alicyclic amines) is 1. The normalized spacial score (nSPS) is 23.3. The van der Waals surface area contributed by atoms with Gasteiger partial charge in [-0.1, -0.05) is 47.2 Å². The number of nitrogens with zero attached hydrogens (tertiary/aromatic N) is 1. The van der Waals surface area contributed by atoms with Crippen molar-refractivity contribution in [2.75, 3.05) is 13.1 Å². The lowest BCUT2D eigenvalue weighted by atomic mass is 10.0. The Hall–Kier alpha value is -2.56. The van der Waals surface area contributed by atoms with E-state index >= 15 is 0 Å². The second kappa shape index (κ2) is 10.4. The molecule has 0 radical (unpaired) electrons. The molecular formula is C26H26Cl2N2O4. The van der Waals surface area contributed by atoms with E-state index in [9.17, 15) is 9.59 Å². The molecule has 2 saturated heterocycles. The maximum Gasteiger partial charge on any atom is 0.255 e. The molecule has 2 heterocycles. The molecule has 2 aromatic rings. The van der Waals surface area contributed by atoms with Crippen LogP contribution in [-0.4, -0.2) is 47.8 Å². The van der Waals surface area contributed by atoms with Crippen molar-refractivity contribution in [2.45, 2.75) is 50.7 Å². The van der Waals surface area contributed by atoms with E-state index in [0.29, 0.717) is 16.6 Å². The highest BCUT2D eigenvalue weighted by Gasteiger charge is 2.51. The average molecular weight is 501 g/mol. The summed E-state index contributed by atoms with van der Waals surface area (Å²) >= 11 is 12.0. The van der Waals surface area contributed by atoms with Gasteiger partial charge in [0.2, 0.25) is 0 Å². The smallest absolute Gasteiger partial charge is 0.255 e. The van der Waals surface area contributed by atoms with E-state index in [-0.39, 0.29) is 18.5 Å². The molecule has 2 amide bonds. The van der Waals surface area contributed by atoms with Gasteiger partial charge >= 0.3 is 0 Å². The molecule has 1 unspecified atom stereocenters. The molecule has 2 aliphatic rings. The van der Waals surface area contributed by atoms with Crippen LogP contribution in [-0.2, 0) is 19.1 Å². The number of rotatable bonds is 4. The fraction of sp³-hybridized carbons (Fsp3) is 0.385. The van der Waals surface area contributed by atoms with Crippen LogP contribution in [0.15, 0.2) is 48.5 Å². The van der Waals surface area contributed by atoms with Gasteiger partial charge in [-0.2, -0.15) is 0 Å². The van der Waals surface area contributed by atoms with E-state index in [1.54, 1.807) is 49.1 Å². The lowest BCUT2D eigenvalue weighted by Gasteiger charge is -2.28. The van der Waals surface area contributed by atoms with E-state index in [4.69, 9.17) is 32.7 Å². The van der Waals surface area contributed by atoms with Crippen molar-refractivity contribution in [3.63, 3.8) is 0 Å². The molecule has 2 fully saturated rings. The molecule has 6 nitrogen and oxygen atoms in total. The third-order valence-electron chi connectivity index (χ3n) is 5.80. The van der Waals surface area contributed by atoms with Crippen molar-refractivity contribution in [3.8, 4) is 11.8 Å². The first kappa shape index (κ1) is 24.6. The van der Waals surface area contributed by atoms with Crippen LogP contribution in [0.3, 0.4) is 0 Å². The monoisotopic (exact) mass is 500 g/mol. The summed E-state index contributed by atoms with van der Waals surface area (Å²) in [4.78, 5) is 28.2. The van der Waals surface area contributed by atoms with E-state index in [1.807, 2.05) is 18.2 Å². The number of carbonyl (C=O) groups is 2. The second-order valence-corrected chi connectivity index (χ2v) is 9.62. The quantitative estimate of drug-likeness (QED) is 0.633. The Balaban J connectivity index is 1.44. The van der Waals surface area contributed by atoms with E-state index in [2.05, 4.69) is 17.2 Å². The summed E-state index contributed by atoms with van der Waals surface area (Å²) in [6, 6.07) is 14.5. The Morgan fingerprint density at radius 3 is 2.56 bits per heavy atom. The van der Waals surface area contributed by atoms with Crippen LogP contribution in [0.1, 0.15) is 43.9 Å². The van der Waals surface area contributed by atoms with Gasteiger partial charge in [0, 0.05) is 22.2 Å². The summed E-state index contributed by atoms with van der Waals surface area (Å²) in [5, 5.41) is 3.99. The van der Waals surface area contributed by atoms with E-state index < -0.39 is 23.9 Å². The summed E-state index contributed by atoms with van der Waals surface area (Å²) in [5.41, 5.74) is 1.75. The Labute approximate surface area is 209 Å². The van der Waals surface area contributed by atoms with Gasteiger partial charge in [-0.3, -0.25) is 9.59 Å². The Kier molecular flexibility index (Phi) is 7.49. The highest BCUT2D eigenvalue weighted by atomic mass is 35.5. The number of hydrogen-bond donors (Lipinski definition) is 1. The van der Waals surface area contributed by atoms with Crippen molar-refractivity contribution < 1.29 is 19.1 Å². The molecule has 0 bridgehead atoms. The number of ether oxygens (including phenoxy) is 2. The Bertz CT molecular complexity index is 1120. The molecule has 178 valence electrons. The molecule has 0 saturated carbocycles. The summed E-state index contributed by atoms with van der Waals surface area (Å²) in [6.45, 7) is 4.08. The van der Waals surface area contributed by atoms with Crippen LogP contribution in [0.25, 0.3) is 0 Å². The van der Waals surface area contributed by atoms with Gasteiger partial charge in [0.05, 0.1) is 12.6 Å². The van der Waals surface area contributed by atoms with Gasteiger partial charge in [-0.15, -0.1) is 0 Å². The predicted molar refractivity (Wildman–Crippen MR) is 130 cm³/mol. The maximum atomic E-state index is 13.5. The van der Waals surface area contributed by atoms with Gasteiger partial charge in [0.1, 0.15) is 0 Å². The minimum absolute atomic E-state index is 0.109. The molecule has 0 aliphatic carbocycles. The van der Waals surface area contributed by atoms with Crippen molar-refractivity contribution in [1.82, 2.24) is 10.2 Å². The van der Waals surface area contributed by atoms with Gasteiger partial charge in [0.25, 0.3) is 11.8 Å². The molecule has 1 N–H and O–H groups in total. The molecule has 8 heteroatoms. The molecule has 0 spiro atoms. The zero-order chi connectivity index (χ0) is 24.3. The van der Waals surface area contributed by atoms with Crippen LogP contribution in [0.4, 0.5) is 0 Å². The van der Waals surface area contributed by atoms with Gasteiger partial charge < -0.3 is 19.7 Å². The standard InChI is InChI=1S/C26H26Cl2N2O4/c1-26(2)33-22(24(31)29-14-4-6-17-10-12-19(27)13-11-17)23(34-26)25(32)30-15-5-9-21(30)18-7-3-8-20(28)16-18/h3,7-8,10-13,16,21-23H,5,9,14-15H2,1-2H3,(H,29,31)/t21?,22-,23-/m1/s1. The highest BCUT2D eigenvalue weighted by molar-refractivity contribution is 6.30. The van der Waals surface area contributed by atoms with Crippen LogP contribution < -0.4 is 5.32 Å². The summed E-state index contributed by atoms with van der Waals surface area (Å²) in [6.07, 6.45) is -0.434. The molecule has 34 heavy (non-hydrogen) atoms. The molecule has 2 aromatic carbocycles. The van der Waals surface area contributed by atoms with Gasteiger partial charge in [-0.25, -0.2) is 0 Å². The van der Waals surface area contributed by atoms with E-state index in [1.165, 1.54) is 0 Å². The van der Waals surface area contributed by atoms with Crippen molar-refractivity contribution >= 4 is 35.0 Å². The number of amides is 2. The zero-order valence-corrected chi connectivity index (χ0v) is 20.5. The minimum atomic E-state index is -1.07. The number of hydrogen-bond acceptors (Lipinski definition) is 4. The largest absolute Gasteiger partial charge is 0.343 e. The van der Waals surface area contributed by atoms with Crippen LogP contribution in [0, 0.1) is 11.8 Å². The molecule has 4 rings (SSSR count). The van der Waals surface area contributed by atoms with Crippen molar-refractivity contribution in [2.24, 2.45) is 0 Å². The fourth-order valence-electron chi connectivity index (χ4n) is 4.30. The minimum Gasteiger partial charge on any atom is -0.343 e. The Morgan fingerprint density at radius 1 is 1.09 bits per heavy atom. The molecular weight excluding hydrogens is 475 g/mol. The van der Waals surface area contributed by atoms with E-state index in [0.717, 1.165) is 24.0 Å². The molecule has 3 atom stereocenters.